The first-order valence-corrected chi connectivity index (χ1v) is 7.29. The molecule has 5 nitrogen and oxygen atoms in total. The molecule has 0 radical (unpaired) electrons. The largest absolute Gasteiger partial charge is 0.337 e. The van der Waals surface area contributed by atoms with E-state index in [0.29, 0.717) is 23.4 Å². The summed E-state index contributed by atoms with van der Waals surface area (Å²) >= 11 is 3.40. The molecule has 1 fully saturated rings. The molecule has 2 aromatic rings. The molecule has 2 N–H and O–H groups in total. The number of anilines is 1. The standard InChI is InChI=1S/C13H15BrFN5/c1-8-7-20(5-4-16-8)13-17-12(18-19-13)10-6-9(15)2-3-11(10)14/h2-3,6,8,16H,4-5,7H2,1H3,(H,17,18,19). The number of benzene rings is 1. The summed E-state index contributed by atoms with van der Waals surface area (Å²) in [5.74, 6) is 0.930. The molecule has 0 saturated carbocycles. The number of piperazine rings is 1. The van der Waals surface area contributed by atoms with Crippen LogP contribution in [0, 0.1) is 5.82 Å². The molecular weight excluding hydrogens is 325 g/mol. The molecule has 0 amide bonds. The Bertz CT molecular complexity index is 615. The SMILES string of the molecule is CC1CN(c2n[nH]c(-c3cc(F)ccc3Br)n2)CCN1. The Morgan fingerprint density at radius 3 is 3.10 bits per heavy atom. The van der Waals surface area contributed by atoms with Crippen molar-refractivity contribution in [3.63, 3.8) is 0 Å². The van der Waals surface area contributed by atoms with E-state index in [-0.39, 0.29) is 5.82 Å². The summed E-state index contributed by atoms with van der Waals surface area (Å²) in [4.78, 5) is 6.59. The van der Waals surface area contributed by atoms with Crippen LogP contribution in [-0.4, -0.2) is 40.9 Å². The van der Waals surface area contributed by atoms with E-state index in [1.54, 1.807) is 6.07 Å². The van der Waals surface area contributed by atoms with Gasteiger partial charge in [-0.1, -0.05) is 15.9 Å². The fourth-order valence-electron chi connectivity index (χ4n) is 2.31. The van der Waals surface area contributed by atoms with Crippen LogP contribution in [0.4, 0.5) is 10.3 Å². The number of halogens is 2. The summed E-state index contributed by atoms with van der Waals surface area (Å²) < 4.78 is 14.1. The van der Waals surface area contributed by atoms with Crippen LogP contribution in [0.25, 0.3) is 11.4 Å². The Kier molecular flexibility index (Phi) is 3.71. The minimum absolute atomic E-state index is 0.294. The van der Waals surface area contributed by atoms with Crippen molar-refractivity contribution in [1.82, 2.24) is 20.5 Å². The van der Waals surface area contributed by atoms with Crippen LogP contribution < -0.4 is 10.2 Å². The van der Waals surface area contributed by atoms with Gasteiger partial charge in [-0.25, -0.2) is 4.39 Å². The molecule has 1 aromatic heterocycles. The molecule has 2 heterocycles. The topological polar surface area (TPSA) is 56.8 Å². The Hall–Kier alpha value is -1.47. The predicted octanol–water partition coefficient (Wildman–Crippen LogP) is 2.17. The van der Waals surface area contributed by atoms with Crippen molar-refractivity contribution in [2.75, 3.05) is 24.5 Å². The Morgan fingerprint density at radius 1 is 1.45 bits per heavy atom. The van der Waals surface area contributed by atoms with Gasteiger partial charge in [-0.2, -0.15) is 4.98 Å². The van der Waals surface area contributed by atoms with Gasteiger partial charge >= 0.3 is 0 Å². The molecule has 1 aromatic carbocycles. The number of nitrogens with zero attached hydrogens (tertiary/aromatic N) is 3. The number of aromatic nitrogens is 3. The maximum atomic E-state index is 13.3. The second kappa shape index (κ2) is 5.49. The monoisotopic (exact) mass is 339 g/mol. The van der Waals surface area contributed by atoms with Crippen molar-refractivity contribution >= 4 is 21.9 Å². The van der Waals surface area contributed by atoms with Crippen molar-refractivity contribution in [1.29, 1.82) is 0 Å². The molecular formula is C13H15BrFN5. The van der Waals surface area contributed by atoms with E-state index in [9.17, 15) is 4.39 Å². The predicted molar refractivity (Wildman–Crippen MR) is 79.2 cm³/mol. The summed E-state index contributed by atoms with van der Waals surface area (Å²) in [7, 11) is 0. The van der Waals surface area contributed by atoms with Gasteiger partial charge in [0.1, 0.15) is 5.82 Å². The number of H-pyrrole nitrogens is 1. The van der Waals surface area contributed by atoms with Gasteiger partial charge in [-0.3, -0.25) is 5.10 Å². The molecule has 1 unspecified atom stereocenters. The highest BCUT2D eigenvalue weighted by Crippen LogP contribution is 2.27. The van der Waals surface area contributed by atoms with Gasteiger partial charge in [0.05, 0.1) is 0 Å². The molecule has 7 heteroatoms. The molecule has 1 atom stereocenters. The van der Waals surface area contributed by atoms with Gasteiger partial charge in [-0.05, 0) is 25.1 Å². The Morgan fingerprint density at radius 2 is 2.30 bits per heavy atom. The number of hydrogen-bond acceptors (Lipinski definition) is 4. The lowest BCUT2D eigenvalue weighted by atomic mass is 10.2. The molecule has 1 saturated heterocycles. The maximum Gasteiger partial charge on any atom is 0.245 e. The van der Waals surface area contributed by atoms with Crippen molar-refractivity contribution in [3.8, 4) is 11.4 Å². The van der Waals surface area contributed by atoms with Crippen LogP contribution in [0.3, 0.4) is 0 Å². The minimum atomic E-state index is -0.294. The first kappa shape index (κ1) is 13.5. The zero-order valence-corrected chi connectivity index (χ0v) is 12.6. The first-order valence-electron chi connectivity index (χ1n) is 6.49. The van der Waals surface area contributed by atoms with Crippen molar-refractivity contribution < 1.29 is 4.39 Å². The molecule has 0 bridgehead atoms. The van der Waals surface area contributed by atoms with E-state index < -0.39 is 0 Å². The van der Waals surface area contributed by atoms with E-state index in [1.807, 2.05) is 0 Å². The molecule has 20 heavy (non-hydrogen) atoms. The van der Waals surface area contributed by atoms with Crippen LogP contribution in [-0.2, 0) is 0 Å². The first-order chi connectivity index (χ1) is 9.63. The fourth-order valence-corrected chi connectivity index (χ4v) is 2.74. The summed E-state index contributed by atoms with van der Waals surface area (Å²) in [5, 5.41) is 10.5. The number of aromatic amines is 1. The van der Waals surface area contributed by atoms with Crippen LogP contribution >= 0.6 is 15.9 Å². The lowest BCUT2D eigenvalue weighted by Crippen LogP contribution is -2.49. The van der Waals surface area contributed by atoms with Gasteiger partial charge in [0.15, 0.2) is 5.82 Å². The maximum absolute atomic E-state index is 13.3. The zero-order chi connectivity index (χ0) is 14.1. The molecule has 1 aliphatic rings. The zero-order valence-electron chi connectivity index (χ0n) is 11.0. The van der Waals surface area contributed by atoms with Gasteiger partial charge in [0.2, 0.25) is 5.95 Å². The average molecular weight is 340 g/mol. The van der Waals surface area contributed by atoms with E-state index in [0.717, 1.165) is 24.1 Å². The summed E-state index contributed by atoms with van der Waals surface area (Å²) in [5.41, 5.74) is 0.673. The van der Waals surface area contributed by atoms with E-state index in [4.69, 9.17) is 0 Å². The summed E-state index contributed by atoms with van der Waals surface area (Å²) in [6.45, 7) is 4.77. The second-order valence-corrected chi connectivity index (χ2v) is 5.76. The highest BCUT2D eigenvalue weighted by molar-refractivity contribution is 9.10. The van der Waals surface area contributed by atoms with E-state index >= 15 is 0 Å². The second-order valence-electron chi connectivity index (χ2n) is 4.91. The number of nitrogens with one attached hydrogen (secondary N) is 2. The molecule has 3 rings (SSSR count). The normalized spacial score (nSPS) is 19.4. The highest BCUT2D eigenvalue weighted by Gasteiger charge is 2.20. The van der Waals surface area contributed by atoms with Crippen LogP contribution in [0.2, 0.25) is 0 Å². The Balaban J connectivity index is 1.88. The molecule has 0 aliphatic carbocycles. The number of rotatable bonds is 2. The quantitative estimate of drug-likeness (QED) is 0.880. The van der Waals surface area contributed by atoms with Crippen LogP contribution in [0.5, 0.6) is 0 Å². The van der Waals surface area contributed by atoms with Crippen LogP contribution in [0.1, 0.15) is 6.92 Å². The van der Waals surface area contributed by atoms with Gasteiger partial charge in [0, 0.05) is 35.7 Å². The third-order valence-electron chi connectivity index (χ3n) is 3.31. The highest BCUT2D eigenvalue weighted by atomic mass is 79.9. The smallest absolute Gasteiger partial charge is 0.245 e. The van der Waals surface area contributed by atoms with Crippen molar-refractivity contribution in [3.05, 3.63) is 28.5 Å². The lowest BCUT2D eigenvalue weighted by Gasteiger charge is -2.30. The minimum Gasteiger partial charge on any atom is -0.337 e. The molecule has 1 aliphatic heterocycles. The number of hydrogen-bond donors (Lipinski definition) is 2. The van der Waals surface area contributed by atoms with Crippen molar-refractivity contribution in [2.24, 2.45) is 0 Å². The summed E-state index contributed by atoms with van der Waals surface area (Å²) in [6, 6.07) is 4.92. The van der Waals surface area contributed by atoms with Crippen LogP contribution in [0.15, 0.2) is 22.7 Å². The van der Waals surface area contributed by atoms with E-state index in [2.05, 4.69) is 48.3 Å². The third-order valence-corrected chi connectivity index (χ3v) is 4.00. The van der Waals surface area contributed by atoms with Gasteiger partial charge < -0.3 is 10.2 Å². The fraction of sp³-hybridized carbons (Fsp3) is 0.385. The lowest BCUT2D eigenvalue weighted by molar-refractivity contribution is 0.480. The van der Waals surface area contributed by atoms with E-state index in [1.165, 1.54) is 12.1 Å². The summed E-state index contributed by atoms with van der Waals surface area (Å²) in [6.07, 6.45) is 0. The van der Waals surface area contributed by atoms with Gasteiger partial charge in [-0.15, -0.1) is 5.10 Å². The Labute approximate surface area is 124 Å². The van der Waals surface area contributed by atoms with Gasteiger partial charge in [0.25, 0.3) is 0 Å². The van der Waals surface area contributed by atoms with Crippen molar-refractivity contribution in [2.45, 2.75) is 13.0 Å². The molecule has 106 valence electrons. The third kappa shape index (κ3) is 2.69. The molecule has 0 spiro atoms. The average Bonchev–Trinajstić information content (AvgIpc) is 2.91.